The van der Waals surface area contributed by atoms with Crippen LogP contribution in [0.25, 0.3) is 0 Å². The van der Waals surface area contributed by atoms with E-state index in [1.807, 2.05) is 0 Å². The minimum atomic E-state index is -3.62. The van der Waals surface area contributed by atoms with Crippen molar-refractivity contribution in [2.75, 3.05) is 19.4 Å². The highest BCUT2D eigenvalue weighted by atomic mass is 32.2. The fourth-order valence-electron chi connectivity index (χ4n) is 1.67. The number of methoxy groups -OCH3 is 1. The Bertz CT molecular complexity index is 594. The van der Waals surface area contributed by atoms with Crippen LogP contribution in [0.4, 0.5) is 5.69 Å². The van der Waals surface area contributed by atoms with Crippen LogP contribution in [0.1, 0.15) is 23.2 Å². The maximum atomic E-state index is 12.0. The summed E-state index contributed by atoms with van der Waals surface area (Å²) in [5, 5.41) is 0. The molecule has 104 valence electrons. The molecule has 3 N–H and O–H groups in total. The van der Waals surface area contributed by atoms with Crippen LogP contribution in [0.3, 0.4) is 0 Å². The van der Waals surface area contributed by atoms with Crippen molar-refractivity contribution < 1.29 is 17.9 Å². The van der Waals surface area contributed by atoms with Gasteiger partial charge in [-0.05, 0) is 37.0 Å². The van der Waals surface area contributed by atoms with Crippen molar-refractivity contribution in [2.24, 2.45) is 5.92 Å². The van der Waals surface area contributed by atoms with Crippen molar-refractivity contribution in [1.82, 2.24) is 4.72 Å². The molecule has 6 nitrogen and oxygen atoms in total. The molecule has 1 saturated carbocycles. The van der Waals surface area contributed by atoms with Crippen molar-refractivity contribution in [1.29, 1.82) is 0 Å². The molecule has 0 saturated heterocycles. The molecule has 1 aromatic carbocycles. The Morgan fingerprint density at radius 3 is 2.68 bits per heavy atom. The maximum absolute atomic E-state index is 12.0. The fourth-order valence-corrected chi connectivity index (χ4v) is 2.89. The average molecular weight is 284 g/mol. The third-order valence-corrected chi connectivity index (χ3v) is 4.48. The summed E-state index contributed by atoms with van der Waals surface area (Å²) in [6, 6.07) is 4.00. The first-order valence-electron chi connectivity index (χ1n) is 5.91. The lowest BCUT2D eigenvalue weighted by Crippen LogP contribution is -2.26. The molecule has 0 aliphatic heterocycles. The first kappa shape index (κ1) is 13.8. The van der Waals surface area contributed by atoms with E-state index in [1.165, 1.54) is 25.3 Å². The number of rotatable bonds is 5. The Morgan fingerprint density at radius 2 is 2.16 bits per heavy atom. The highest BCUT2D eigenvalue weighted by Crippen LogP contribution is 2.28. The second-order valence-corrected chi connectivity index (χ2v) is 6.27. The Morgan fingerprint density at radius 1 is 1.47 bits per heavy atom. The molecule has 0 radical (unpaired) electrons. The van der Waals surface area contributed by atoms with Crippen molar-refractivity contribution in [3.05, 3.63) is 23.8 Å². The van der Waals surface area contributed by atoms with Crippen LogP contribution in [-0.4, -0.2) is 28.0 Å². The van der Waals surface area contributed by atoms with Gasteiger partial charge in [0.2, 0.25) is 10.0 Å². The number of hydrogen-bond donors (Lipinski definition) is 2. The van der Waals surface area contributed by atoms with Gasteiger partial charge >= 0.3 is 5.97 Å². The van der Waals surface area contributed by atoms with Crippen LogP contribution >= 0.6 is 0 Å². The van der Waals surface area contributed by atoms with Gasteiger partial charge in [0, 0.05) is 6.54 Å². The second kappa shape index (κ2) is 5.18. The molecule has 7 heteroatoms. The van der Waals surface area contributed by atoms with Crippen LogP contribution in [0.2, 0.25) is 0 Å². The van der Waals surface area contributed by atoms with E-state index in [2.05, 4.69) is 9.46 Å². The number of esters is 1. The van der Waals surface area contributed by atoms with Crippen molar-refractivity contribution >= 4 is 21.7 Å². The van der Waals surface area contributed by atoms with E-state index in [0.29, 0.717) is 12.5 Å². The minimum Gasteiger partial charge on any atom is -0.465 e. The molecule has 19 heavy (non-hydrogen) atoms. The van der Waals surface area contributed by atoms with Gasteiger partial charge in [0.15, 0.2) is 0 Å². The van der Waals surface area contributed by atoms with E-state index in [1.54, 1.807) is 0 Å². The number of ether oxygens (including phenoxy) is 1. The van der Waals surface area contributed by atoms with Crippen molar-refractivity contribution in [3.63, 3.8) is 0 Å². The molecule has 1 aromatic rings. The lowest BCUT2D eigenvalue weighted by molar-refractivity contribution is 0.0600. The molecule has 1 aliphatic carbocycles. The van der Waals surface area contributed by atoms with Crippen LogP contribution in [0.15, 0.2) is 23.1 Å². The number of anilines is 1. The number of carbonyl (C=O) groups excluding carboxylic acids is 1. The summed E-state index contributed by atoms with van der Waals surface area (Å²) >= 11 is 0. The van der Waals surface area contributed by atoms with Gasteiger partial charge in [-0.25, -0.2) is 17.9 Å². The number of benzene rings is 1. The zero-order valence-corrected chi connectivity index (χ0v) is 11.4. The Kier molecular flexibility index (Phi) is 3.77. The zero-order chi connectivity index (χ0) is 14.0. The molecule has 1 fully saturated rings. The van der Waals surface area contributed by atoms with E-state index < -0.39 is 16.0 Å². The van der Waals surface area contributed by atoms with E-state index in [9.17, 15) is 13.2 Å². The zero-order valence-electron chi connectivity index (χ0n) is 10.5. The molecular formula is C12H16N2O4S. The third kappa shape index (κ3) is 3.24. The number of sulfonamides is 1. The van der Waals surface area contributed by atoms with Crippen LogP contribution in [-0.2, 0) is 14.8 Å². The van der Waals surface area contributed by atoms with E-state index in [-0.39, 0.29) is 16.1 Å². The molecule has 1 aliphatic rings. The highest BCUT2D eigenvalue weighted by Gasteiger charge is 2.25. The summed E-state index contributed by atoms with van der Waals surface area (Å²) in [5.74, 6) is -0.119. The molecular weight excluding hydrogens is 268 g/mol. The predicted octanol–water partition coefficient (Wildman–Crippen LogP) is 0.744. The Labute approximate surface area is 112 Å². The fraction of sp³-hybridized carbons (Fsp3) is 0.417. The molecule has 0 atom stereocenters. The van der Waals surface area contributed by atoms with Gasteiger partial charge in [-0.2, -0.15) is 0 Å². The Balaban J connectivity index is 2.21. The van der Waals surface area contributed by atoms with Crippen LogP contribution in [0, 0.1) is 5.92 Å². The molecule has 0 spiro atoms. The van der Waals surface area contributed by atoms with Gasteiger partial charge in [0.05, 0.1) is 18.4 Å². The van der Waals surface area contributed by atoms with E-state index in [0.717, 1.165) is 12.8 Å². The van der Waals surface area contributed by atoms with Gasteiger partial charge < -0.3 is 10.5 Å². The van der Waals surface area contributed by atoms with Gasteiger partial charge in [-0.3, -0.25) is 0 Å². The van der Waals surface area contributed by atoms with Crippen molar-refractivity contribution in [2.45, 2.75) is 17.7 Å². The number of carbonyl (C=O) groups is 1. The number of hydrogen-bond acceptors (Lipinski definition) is 5. The number of nitrogen functional groups attached to an aromatic ring is 1. The quantitative estimate of drug-likeness (QED) is 0.614. The largest absolute Gasteiger partial charge is 0.465 e. The normalized spacial score (nSPS) is 15.2. The topological polar surface area (TPSA) is 98.5 Å². The highest BCUT2D eigenvalue weighted by molar-refractivity contribution is 7.89. The average Bonchev–Trinajstić information content (AvgIpc) is 3.19. The van der Waals surface area contributed by atoms with E-state index >= 15 is 0 Å². The smallest absolute Gasteiger partial charge is 0.337 e. The third-order valence-electron chi connectivity index (χ3n) is 2.98. The number of nitrogens with two attached hydrogens (primary N) is 1. The summed E-state index contributed by atoms with van der Waals surface area (Å²) in [7, 11) is -2.37. The first-order chi connectivity index (χ1) is 8.94. The molecule has 0 amide bonds. The molecule has 0 heterocycles. The summed E-state index contributed by atoms with van der Waals surface area (Å²) in [5.41, 5.74) is 5.95. The predicted molar refractivity (Wildman–Crippen MR) is 70.1 cm³/mol. The summed E-state index contributed by atoms with van der Waals surface area (Å²) in [6.07, 6.45) is 2.11. The van der Waals surface area contributed by atoms with E-state index in [4.69, 9.17) is 5.73 Å². The van der Waals surface area contributed by atoms with Crippen LogP contribution in [0.5, 0.6) is 0 Å². The summed E-state index contributed by atoms with van der Waals surface area (Å²) in [6.45, 7) is 0.431. The van der Waals surface area contributed by atoms with Gasteiger partial charge in [-0.15, -0.1) is 0 Å². The van der Waals surface area contributed by atoms with Gasteiger partial charge in [0.1, 0.15) is 4.90 Å². The van der Waals surface area contributed by atoms with Crippen molar-refractivity contribution in [3.8, 4) is 0 Å². The first-order valence-corrected chi connectivity index (χ1v) is 7.40. The SMILES string of the molecule is COC(=O)c1ccc(S(=O)(=O)NCC2CC2)c(N)c1. The number of nitrogens with one attached hydrogen (secondary N) is 1. The Hall–Kier alpha value is -1.60. The summed E-state index contributed by atoms with van der Waals surface area (Å²) in [4.78, 5) is 11.3. The summed E-state index contributed by atoms with van der Waals surface area (Å²) < 4.78 is 31.1. The maximum Gasteiger partial charge on any atom is 0.337 e. The molecule has 2 rings (SSSR count). The monoisotopic (exact) mass is 284 g/mol. The van der Waals surface area contributed by atoms with Crippen LogP contribution < -0.4 is 10.5 Å². The molecule has 0 aromatic heterocycles. The lowest BCUT2D eigenvalue weighted by Gasteiger charge is -2.09. The molecule has 0 bridgehead atoms. The second-order valence-electron chi connectivity index (χ2n) is 4.54. The lowest BCUT2D eigenvalue weighted by atomic mass is 10.2. The molecule has 0 unspecified atom stereocenters. The van der Waals surface area contributed by atoms with Gasteiger partial charge in [-0.1, -0.05) is 0 Å². The minimum absolute atomic E-state index is 0.0131. The van der Waals surface area contributed by atoms with Gasteiger partial charge in [0.25, 0.3) is 0 Å². The standard InChI is InChI=1S/C12H16N2O4S/c1-18-12(15)9-4-5-11(10(13)6-9)19(16,17)14-7-8-2-3-8/h4-6,8,14H,2-3,7,13H2,1H3.